The Morgan fingerprint density at radius 3 is 2.61 bits per heavy atom. The molecule has 3 nitrogen and oxygen atoms in total. The van der Waals surface area contributed by atoms with Crippen LogP contribution in [0, 0.1) is 5.82 Å². The van der Waals surface area contributed by atoms with E-state index in [1.54, 1.807) is 4.90 Å². The Bertz CT molecular complexity index is 488. The van der Waals surface area contributed by atoms with Gasteiger partial charge in [0.1, 0.15) is 0 Å². The highest BCUT2D eigenvalue weighted by Crippen LogP contribution is 2.29. The first-order valence-corrected chi connectivity index (χ1v) is 6.28. The smallest absolute Gasteiger partial charge is 0.336 e. The molecule has 1 rings (SSSR count). The van der Waals surface area contributed by atoms with Crippen molar-refractivity contribution < 1.29 is 14.3 Å². The molecule has 0 aliphatic heterocycles. The van der Waals surface area contributed by atoms with Crippen molar-refractivity contribution >= 4 is 27.6 Å². The van der Waals surface area contributed by atoms with E-state index >= 15 is 0 Å². The third-order valence-corrected chi connectivity index (χ3v) is 3.25. The van der Waals surface area contributed by atoms with Crippen molar-refractivity contribution in [3.05, 3.63) is 40.1 Å². The van der Waals surface area contributed by atoms with Crippen molar-refractivity contribution in [1.29, 1.82) is 0 Å². The molecule has 0 amide bonds. The molecule has 98 valence electrons. The molecule has 1 aromatic rings. The molecule has 0 fully saturated rings. The van der Waals surface area contributed by atoms with Gasteiger partial charge in [-0.2, -0.15) is 0 Å². The maximum atomic E-state index is 14.1. The standard InChI is InChI=1S/C13H15BrFNO2/c1-4-16(7-8(2)3)10-6-5-9(13(17)18)11(14)12(10)15/h5-6H,2,4,7H2,1,3H3,(H,17,18). The number of aromatic carboxylic acids is 1. The molecule has 18 heavy (non-hydrogen) atoms. The average Bonchev–Trinajstić information content (AvgIpc) is 2.29. The molecule has 1 N–H and O–H groups in total. The van der Waals surface area contributed by atoms with Crippen LogP contribution in [0.3, 0.4) is 0 Å². The summed E-state index contributed by atoms with van der Waals surface area (Å²) >= 11 is 2.99. The van der Waals surface area contributed by atoms with E-state index in [0.29, 0.717) is 18.8 Å². The summed E-state index contributed by atoms with van der Waals surface area (Å²) in [5.74, 6) is -1.71. The zero-order valence-electron chi connectivity index (χ0n) is 10.3. The molecule has 0 aliphatic carbocycles. The summed E-state index contributed by atoms with van der Waals surface area (Å²) in [6, 6.07) is 2.88. The molecule has 0 aliphatic rings. The number of halogens is 2. The van der Waals surface area contributed by atoms with Crippen LogP contribution in [0.1, 0.15) is 24.2 Å². The molecule has 0 unspecified atom stereocenters. The van der Waals surface area contributed by atoms with Crippen molar-refractivity contribution in [2.24, 2.45) is 0 Å². The Morgan fingerprint density at radius 2 is 2.17 bits per heavy atom. The van der Waals surface area contributed by atoms with Gasteiger partial charge in [0.2, 0.25) is 0 Å². The lowest BCUT2D eigenvalue weighted by molar-refractivity contribution is 0.0695. The molecule has 0 aromatic heterocycles. The van der Waals surface area contributed by atoms with Crippen molar-refractivity contribution in [2.75, 3.05) is 18.0 Å². The molecule has 1 aromatic carbocycles. The fourth-order valence-corrected chi connectivity index (χ4v) is 2.15. The summed E-state index contributed by atoms with van der Waals surface area (Å²) in [5, 5.41) is 8.90. The van der Waals surface area contributed by atoms with Crippen molar-refractivity contribution in [2.45, 2.75) is 13.8 Å². The highest BCUT2D eigenvalue weighted by atomic mass is 79.9. The molecule has 0 bridgehead atoms. The number of carboxylic acid groups (broad SMARTS) is 1. The number of benzene rings is 1. The van der Waals surface area contributed by atoms with Crippen LogP contribution in [-0.2, 0) is 0 Å². The van der Waals surface area contributed by atoms with Crippen LogP contribution in [0.4, 0.5) is 10.1 Å². The summed E-state index contributed by atoms with van der Waals surface area (Å²) in [6.45, 7) is 8.71. The summed E-state index contributed by atoms with van der Waals surface area (Å²) < 4.78 is 14.1. The zero-order valence-corrected chi connectivity index (χ0v) is 11.9. The van der Waals surface area contributed by atoms with E-state index in [9.17, 15) is 9.18 Å². The number of likely N-dealkylation sites (N-methyl/N-ethyl adjacent to an activating group) is 1. The highest BCUT2D eigenvalue weighted by molar-refractivity contribution is 9.10. The summed E-state index contributed by atoms with van der Waals surface area (Å²) in [4.78, 5) is 12.7. The number of carbonyl (C=O) groups is 1. The lowest BCUT2D eigenvalue weighted by Crippen LogP contribution is -2.25. The van der Waals surface area contributed by atoms with Gasteiger partial charge in [0.15, 0.2) is 5.82 Å². The van der Waals surface area contributed by atoms with Gasteiger partial charge in [0.05, 0.1) is 15.7 Å². The number of anilines is 1. The minimum atomic E-state index is -1.16. The Hall–Kier alpha value is -1.36. The van der Waals surface area contributed by atoms with Crippen LogP contribution in [0.5, 0.6) is 0 Å². The van der Waals surface area contributed by atoms with Gasteiger partial charge >= 0.3 is 5.97 Å². The molecule has 0 radical (unpaired) electrons. The maximum absolute atomic E-state index is 14.1. The Labute approximate surface area is 114 Å². The van der Waals surface area contributed by atoms with Gasteiger partial charge in [-0.3, -0.25) is 0 Å². The van der Waals surface area contributed by atoms with Crippen LogP contribution in [-0.4, -0.2) is 24.2 Å². The van der Waals surface area contributed by atoms with E-state index in [1.807, 2.05) is 13.8 Å². The van der Waals surface area contributed by atoms with Crippen LogP contribution < -0.4 is 4.90 Å². The first-order chi connectivity index (χ1) is 8.38. The lowest BCUT2D eigenvalue weighted by atomic mass is 10.1. The van der Waals surface area contributed by atoms with Gasteiger partial charge in [0.25, 0.3) is 0 Å². The molecule has 5 heteroatoms. The fraction of sp³-hybridized carbons (Fsp3) is 0.308. The molecule has 0 saturated carbocycles. The van der Waals surface area contributed by atoms with Gasteiger partial charge in [-0.25, -0.2) is 9.18 Å². The predicted molar refractivity (Wildman–Crippen MR) is 73.8 cm³/mol. The SMILES string of the molecule is C=C(C)CN(CC)c1ccc(C(=O)O)c(Br)c1F. The number of rotatable bonds is 5. The largest absolute Gasteiger partial charge is 0.478 e. The monoisotopic (exact) mass is 315 g/mol. The van der Waals surface area contributed by atoms with Crippen molar-refractivity contribution in [3.63, 3.8) is 0 Å². The molecular weight excluding hydrogens is 301 g/mol. The van der Waals surface area contributed by atoms with Gasteiger partial charge < -0.3 is 10.0 Å². The Kier molecular flexibility index (Phi) is 4.90. The zero-order chi connectivity index (χ0) is 13.9. The van der Waals surface area contributed by atoms with E-state index in [0.717, 1.165) is 5.57 Å². The second-order valence-electron chi connectivity index (χ2n) is 4.04. The van der Waals surface area contributed by atoms with Gasteiger partial charge in [-0.1, -0.05) is 12.2 Å². The number of carboxylic acids is 1. The van der Waals surface area contributed by atoms with E-state index in [-0.39, 0.29) is 10.0 Å². The average molecular weight is 316 g/mol. The quantitative estimate of drug-likeness (QED) is 0.842. The third-order valence-electron chi connectivity index (χ3n) is 2.48. The fourth-order valence-electron chi connectivity index (χ4n) is 1.64. The summed E-state index contributed by atoms with van der Waals surface area (Å²) in [6.07, 6.45) is 0. The van der Waals surface area contributed by atoms with Crippen molar-refractivity contribution in [3.8, 4) is 0 Å². The molecule has 0 heterocycles. The number of hydrogen-bond donors (Lipinski definition) is 1. The molecular formula is C13H15BrFNO2. The van der Waals surface area contributed by atoms with E-state index in [2.05, 4.69) is 22.5 Å². The first kappa shape index (κ1) is 14.7. The normalized spacial score (nSPS) is 10.2. The second kappa shape index (κ2) is 6.00. The predicted octanol–water partition coefficient (Wildman–Crippen LogP) is 3.69. The van der Waals surface area contributed by atoms with E-state index in [1.165, 1.54) is 12.1 Å². The first-order valence-electron chi connectivity index (χ1n) is 5.49. The number of hydrogen-bond acceptors (Lipinski definition) is 2. The Balaban J connectivity index is 3.21. The van der Waals surface area contributed by atoms with Crippen LogP contribution in [0.2, 0.25) is 0 Å². The topological polar surface area (TPSA) is 40.5 Å². The van der Waals surface area contributed by atoms with E-state index < -0.39 is 11.8 Å². The molecule has 0 spiro atoms. The van der Waals surface area contributed by atoms with Gasteiger partial charge in [-0.15, -0.1) is 0 Å². The highest BCUT2D eigenvalue weighted by Gasteiger charge is 2.18. The number of nitrogens with zero attached hydrogens (tertiary/aromatic N) is 1. The van der Waals surface area contributed by atoms with Crippen LogP contribution >= 0.6 is 15.9 Å². The second-order valence-corrected chi connectivity index (χ2v) is 4.83. The lowest BCUT2D eigenvalue weighted by Gasteiger charge is -2.24. The Morgan fingerprint density at radius 1 is 1.56 bits per heavy atom. The van der Waals surface area contributed by atoms with E-state index in [4.69, 9.17) is 5.11 Å². The van der Waals surface area contributed by atoms with Gasteiger partial charge in [0, 0.05) is 13.1 Å². The summed E-state index contributed by atoms with van der Waals surface area (Å²) in [5.41, 5.74) is 1.20. The minimum Gasteiger partial charge on any atom is -0.478 e. The summed E-state index contributed by atoms with van der Waals surface area (Å²) in [7, 11) is 0. The third kappa shape index (κ3) is 3.10. The van der Waals surface area contributed by atoms with Gasteiger partial charge in [-0.05, 0) is 41.9 Å². The molecule has 0 atom stereocenters. The van der Waals surface area contributed by atoms with Crippen molar-refractivity contribution in [1.82, 2.24) is 0 Å². The minimum absolute atomic E-state index is 0.0207. The molecule has 0 saturated heterocycles. The van der Waals surface area contributed by atoms with Crippen LogP contribution in [0.15, 0.2) is 28.8 Å². The maximum Gasteiger partial charge on any atom is 0.336 e. The van der Waals surface area contributed by atoms with Crippen LogP contribution in [0.25, 0.3) is 0 Å².